The van der Waals surface area contributed by atoms with Crippen LogP contribution < -0.4 is 5.32 Å². The van der Waals surface area contributed by atoms with Crippen molar-refractivity contribution < 1.29 is 14.3 Å². The van der Waals surface area contributed by atoms with E-state index in [1.165, 1.54) is 26.2 Å². The molecular formula is C10H10Cl2N2O3. The Hall–Kier alpha value is -1.33. The van der Waals surface area contributed by atoms with Crippen LogP contribution in [-0.2, 0) is 9.53 Å². The Kier molecular flexibility index (Phi) is 4.72. The van der Waals surface area contributed by atoms with Crippen LogP contribution in [0.1, 0.15) is 17.3 Å². The van der Waals surface area contributed by atoms with Gasteiger partial charge in [-0.25, -0.2) is 9.78 Å². The molecule has 1 aromatic rings. The smallest absolute Gasteiger partial charge is 0.328 e. The van der Waals surface area contributed by atoms with Gasteiger partial charge in [-0.15, -0.1) is 0 Å². The minimum atomic E-state index is -0.752. The Morgan fingerprint density at radius 2 is 1.88 bits per heavy atom. The molecule has 0 unspecified atom stereocenters. The predicted octanol–water partition coefficient (Wildman–Crippen LogP) is 1.68. The lowest BCUT2D eigenvalue weighted by Crippen LogP contribution is -2.39. The third-order valence-corrected chi connectivity index (χ3v) is 2.31. The summed E-state index contributed by atoms with van der Waals surface area (Å²) in [6.45, 7) is 1.51. The summed E-state index contributed by atoms with van der Waals surface area (Å²) < 4.78 is 4.48. The number of carbonyl (C=O) groups excluding carboxylic acids is 2. The number of ether oxygens (including phenoxy) is 1. The summed E-state index contributed by atoms with van der Waals surface area (Å²) in [6, 6.07) is 1.96. The van der Waals surface area contributed by atoms with Gasteiger partial charge in [0.15, 0.2) is 0 Å². The number of amides is 1. The molecule has 0 fully saturated rings. The Morgan fingerprint density at radius 1 is 1.35 bits per heavy atom. The minimum Gasteiger partial charge on any atom is -0.467 e. The van der Waals surface area contributed by atoms with Gasteiger partial charge in [0, 0.05) is 5.56 Å². The zero-order chi connectivity index (χ0) is 13.0. The molecule has 0 radical (unpaired) electrons. The van der Waals surface area contributed by atoms with Crippen LogP contribution in [0.25, 0.3) is 0 Å². The molecule has 92 valence electrons. The van der Waals surface area contributed by atoms with E-state index in [-0.39, 0.29) is 15.9 Å². The maximum atomic E-state index is 11.7. The quantitative estimate of drug-likeness (QED) is 0.674. The summed E-state index contributed by atoms with van der Waals surface area (Å²) in [7, 11) is 1.24. The highest BCUT2D eigenvalue weighted by molar-refractivity contribution is 6.33. The number of hydrogen-bond acceptors (Lipinski definition) is 4. The highest BCUT2D eigenvalue weighted by atomic mass is 35.5. The molecule has 17 heavy (non-hydrogen) atoms. The topological polar surface area (TPSA) is 68.3 Å². The Morgan fingerprint density at radius 3 is 2.35 bits per heavy atom. The van der Waals surface area contributed by atoms with Gasteiger partial charge in [0.05, 0.1) is 7.11 Å². The Labute approximate surface area is 108 Å². The highest BCUT2D eigenvalue weighted by Gasteiger charge is 2.17. The van der Waals surface area contributed by atoms with Crippen molar-refractivity contribution >= 4 is 35.1 Å². The van der Waals surface area contributed by atoms with Gasteiger partial charge < -0.3 is 10.1 Å². The van der Waals surface area contributed by atoms with Crippen molar-refractivity contribution in [1.82, 2.24) is 10.3 Å². The molecule has 1 rings (SSSR count). The molecule has 0 saturated carbocycles. The molecule has 1 heterocycles. The molecule has 0 bridgehead atoms. The summed E-state index contributed by atoms with van der Waals surface area (Å²) in [4.78, 5) is 26.5. The van der Waals surface area contributed by atoms with Gasteiger partial charge in [-0.1, -0.05) is 23.2 Å². The molecule has 1 atom stereocenters. The molecule has 7 heteroatoms. The summed E-state index contributed by atoms with van der Waals surface area (Å²) in [5.74, 6) is -1.02. The van der Waals surface area contributed by atoms with Gasteiger partial charge in [-0.05, 0) is 19.1 Å². The van der Waals surface area contributed by atoms with Crippen molar-refractivity contribution in [2.75, 3.05) is 7.11 Å². The van der Waals surface area contributed by atoms with Gasteiger partial charge in [0.1, 0.15) is 16.3 Å². The van der Waals surface area contributed by atoms with Crippen molar-refractivity contribution in [2.45, 2.75) is 13.0 Å². The molecule has 0 spiro atoms. The van der Waals surface area contributed by atoms with Gasteiger partial charge in [-0.3, -0.25) is 4.79 Å². The largest absolute Gasteiger partial charge is 0.467 e. The maximum Gasteiger partial charge on any atom is 0.328 e. The first-order chi connectivity index (χ1) is 7.93. The van der Waals surface area contributed by atoms with Crippen LogP contribution in [0.2, 0.25) is 10.3 Å². The van der Waals surface area contributed by atoms with Crippen LogP contribution in [0.4, 0.5) is 0 Å². The number of nitrogens with zero attached hydrogens (tertiary/aromatic N) is 1. The van der Waals surface area contributed by atoms with E-state index in [9.17, 15) is 9.59 Å². The Bertz CT molecular complexity index is 431. The zero-order valence-corrected chi connectivity index (χ0v) is 10.7. The molecule has 0 aliphatic heterocycles. The van der Waals surface area contributed by atoms with Crippen LogP contribution in [0, 0.1) is 0 Å². The lowest BCUT2D eigenvalue weighted by Gasteiger charge is -2.11. The number of methoxy groups -OCH3 is 1. The number of pyridine rings is 1. The van der Waals surface area contributed by atoms with E-state index in [1.54, 1.807) is 0 Å². The number of hydrogen-bond donors (Lipinski definition) is 1. The van der Waals surface area contributed by atoms with Crippen molar-refractivity contribution in [1.29, 1.82) is 0 Å². The lowest BCUT2D eigenvalue weighted by molar-refractivity contribution is -0.142. The molecule has 1 N–H and O–H groups in total. The first-order valence-electron chi connectivity index (χ1n) is 4.66. The van der Waals surface area contributed by atoms with E-state index in [0.717, 1.165) is 0 Å². The lowest BCUT2D eigenvalue weighted by atomic mass is 10.2. The van der Waals surface area contributed by atoms with Gasteiger partial charge in [0.2, 0.25) is 0 Å². The average molecular weight is 277 g/mol. The molecule has 0 aliphatic rings. The standard InChI is InChI=1S/C10H10Cl2N2O3/c1-5(10(16)17-2)13-9(15)6-3-7(11)14-8(12)4-6/h3-5H,1-2H3,(H,13,15)/t5-/m0/s1. The second-order valence-electron chi connectivity index (χ2n) is 3.22. The van der Waals surface area contributed by atoms with E-state index in [2.05, 4.69) is 15.0 Å². The fraction of sp³-hybridized carbons (Fsp3) is 0.300. The van der Waals surface area contributed by atoms with Gasteiger partial charge in [0.25, 0.3) is 5.91 Å². The Balaban J connectivity index is 2.79. The van der Waals surface area contributed by atoms with Crippen molar-refractivity contribution in [3.8, 4) is 0 Å². The summed E-state index contributed by atoms with van der Waals surface area (Å²) in [5, 5.41) is 2.65. The van der Waals surface area contributed by atoms with Gasteiger partial charge in [-0.2, -0.15) is 0 Å². The maximum absolute atomic E-state index is 11.7. The van der Waals surface area contributed by atoms with E-state index in [1.807, 2.05) is 0 Å². The molecule has 0 saturated heterocycles. The fourth-order valence-corrected chi connectivity index (χ4v) is 1.57. The molecule has 1 aromatic heterocycles. The third kappa shape index (κ3) is 3.87. The first-order valence-corrected chi connectivity index (χ1v) is 5.41. The molecule has 5 nitrogen and oxygen atoms in total. The zero-order valence-electron chi connectivity index (χ0n) is 9.16. The van der Waals surface area contributed by atoms with Crippen LogP contribution >= 0.6 is 23.2 Å². The average Bonchev–Trinajstić information content (AvgIpc) is 2.26. The second-order valence-corrected chi connectivity index (χ2v) is 3.99. The summed E-state index contributed by atoms with van der Waals surface area (Å²) >= 11 is 11.3. The number of nitrogens with one attached hydrogen (secondary N) is 1. The van der Waals surface area contributed by atoms with E-state index in [4.69, 9.17) is 23.2 Å². The molecule has 1 amide bonds. The monoisotopic (exact) mass is 276 g/mol. The van der Waals surface area contributed by atoms with Crippen molar-refractivity contribution in [3.63, 3.8) is 0 Å². The summed E-state index contributed by atoms with van der Waals surface area (Å²) in [5.41, 5.74) is 0.228. The number of halogens is 2. The first kappa shape index (κ1) is 13.7. The number of carbonyl (C=O) groups is 2. The van der Waals surface area contributed by atoms with Gasteiger partial charge >= 0.3 is 5.97 Å². The van der Waals surface area contributed by atoms with E-state index >= 15 is 0 Å². The summed E-state index contributed by atoms with van der Waals surface area (Å²) in [6.07, 6.45) is 0. The SMILES string of the molecule is COC(=O)[C@H](C)NC(=O)c1cc(Cl)nc(Cl)c1. The molecular weight excluding hydrogens is 267 g/mol. The van der Waals surface area contributed by atoms with Crippen molar-refractivity contribution in [3.05, 3.63) is 28.0 Å². The normalized spacial score (nSPS) is 11.8. The predicted molar refractivity (Wildman–Crippen MR) is 63.2 cm³/mol. The van der Waals surface area contributed by atoms with Crippen molar-refractivity contribution in [2.24, 2.45) is 0 Å². The van der Waals surface area contributed by atoms with Crippen LogP contribution in [0.15, 0.2) is 12.1 Å². The fourth-order valence-electron chi connectivity index (χ4n) is 1.11. The minimum absolute atomic E-state index is 0.105. The number of esters is 1. The number of rotatable bonds is 3. The second kappa shape index (κ2) is 5.84. The van der Waals surface area contributed by atoms with Crippen LogP contribution in [0.3, 0.4) is 0 Å². The van der Waals surface area contributed by atoms with E-state index < -0.39 is 17.9 Å². The van der Waals surface area contributed by atoms with Crippen LogP contribution in [0.5, 0.6) is 0 Å². The van der Waals surface area contributed by atoms with Crippen LogP contribution in [-0.4, -0.2) is 30.0 Å². The van der Waals surface area contributed by atoms with E-state index in [0.29, 0.717) is 0 Å². The molecule has 0 aliphatic carbocycles. The molecule has 0 aromatic carbocycles. The third-order valence-electron chi connectivity index (χ3n) is 1.93. The number of aromatic nitrogens is 1. The highest BCUT2D eigenvalue weighted by Crippen LogP contribution is 2.14.